The van der Waals surface area contributed by atoms with Gasteiger partial charge in [0.25, 0.3) is 0 Å². The quantitative estimate of drug-likeness (QED) is 0.840. The molecule has 0 spiro atoms. The standard InChI is InChI=1S/C17H27FN2O/c1-3-15(19)11-13-10-14(18)7-8-17(13)20(4-2)12-16-6-5-9-21-16/h7-8,10,15-16H,3-6,9,11-12,19H2,1-2H3. The molecule has 2 N–H and O–H groups in total. The maximum Gasteiger partial charge on any atom is 0.123 e. The molecule has 3 nitrogen and oxygen atoms in total. The van der Waals surface area contributed by atoms with E-state index < -0.39 is 0 Å². The van der Waals surface area contributed by atoms with Gasteiger partial charge in [0.1, 0.15) is 5.82 Å². The number of benzene rings is 1. The summed E-state index contributed by atoms with van der Waals surface area (Å²) in [4.78, 5) is 2.28. The van der Waals surface area contributed by atoms with E-state index >= 15 is 0 Å². The van der Waals surface area contributed by atoms with Crippen molar-refractivity contribution in [3.8, 4) is 0 Å². The van der Waals surface area contributed by atoms with Crippen LogP contribution in [0.3, 0.4) is 0 Å². The number of halogens is 1. The van der Waals surface area contributed by atoms with Crippen LogP contribution in [0.1, 0.15) is 38.7 Å². The summed E-state index contributed by atoms with van der Waals surface area (Å²) >= 11 is 0. The molecule has 0 radical (unpaired) electrons. The number of rotatable bonds is 7. The van der Waals surface area contributed by atoms with E-state index in [1.165, 1.54) is 6.07 Å². The molecule has 0 aliphatic carbocycles. The predicted molar refractivity (Wildman–Crippen MR) is 85.2 cm³/mol. The van der Waals surface area contributed by atoms with Crippen LogP contribution in [-0.2, 0) is 11.2 Å². The van der Waals surface area contributed by atoms with Crippen LogP contribution in [0.4, 0.5) is 10.1 Å². The Morgan fingerprint density at radius 2 is 2.24 bits per heavy atom. The Hall–Kier alpha value is -1.13. The zero-order chi connectivity index (χ0) is 15.2. The third-order valence-corrected chi connectivity index (χ3v) is 4.22. The Labute approximate surface area is 127 Å². The fourth-order valence-corrected chi connectivity index (χ4v) is 2.88. The van der Waals surface area contributed by atoms with Gasteiger partial charge in [0.15, 0.2) is 0 Å². The smallest absolute Gasteiger partial charge is 0.123 e. The van der Waals surface area contributed by atoms with Crippen molar-refractivity contribution in [3.63, 3.8) is 0 Å². The lowest BCUT2D eigenvalue weighted by molar-refractivity contribution is 0.115. The number of anilines is 1. The highest BCUT2D eigenvalue weighted by atomic mass is 19.1. The summed E-state index contributed by atoms with van der Waals surface area (Å²) in [6.07, 6.45) is 4.16. The first-order chi connectivity index (χ1) is 10.1. The molecule has 21 heavy (non-hydrogen) atoms. The van der Waals surface area contributed by atoms with Crippen molar-refractivity contribution in [2.45, 2.75) is 51.7 Å². The van der Waals surface area contributed by atoms with Crippen LogP contribution < -0.4 is 10.6 Å². The molecule has 2 atom stereocenters. The Morgan fingerprint density at radius 3 is 2.86 bits per heavy atom. The lowest BCUT2D eigenvalue weighted by Gasteiger charge is -2.29. The predicted octanol–water partition coefficient (Wildman–Crippen LogP) is 3.11. The van der Waals surface area contributed by atoms with Gasteiger partial charge in [0.2, 0.25) is 0 Å². The normalized spacial score (nSPS) is 19.7. The molecule has 1 aliphatic rings. The average Bonchev–Trinajstić information content (AvgIpc) is 2.98. The van der Waals surface area contributed by atoms with E-state index in [9.17, 15) is 4.39 Å². The molecule has 1 heterocycles. The molecule has 1 aromatic rings. The van der Waals surface area contributed by atoms with Crippen molar-refractivity contribution in [2.24, 2.45) is 5.73 Å². The number of nitrogens with zero attached hydrogens (tertiary/aromatic N) is 1. The molecular formula is C17H27FN2O. The number of hydrogen-bond acceptors (Lipinski definition) is 3. The molecule has 2 unspecified atom stereocenters. The molecular weight excluding hydrogens is 267 g/mol. The van der Waals surface area contributed by atoms with Crippen LogP contribution in [-0.4, -0.2) is 31.8 Å². The second kappa shape index (κ2) is 7.76. The summed E-state index contributed by atoms with van der Waals surface area (Å²) < 4.78 is 19.3. The van der Waals surface area contributed by atoms with Crippen molar-refractivity contribution < 1.29 is 9.13 Å². The Kier molecular flexibility index (Phi) is 6.00. The van der Waals surface area contributed by atoms with Crippen LogP contribution in [0, 0.1) is 5.82 Å². The first-order valence-electron chi connectivity index (χ1n) is 8.04. The first kappa shape index (κ1) is 16.2. The molecule has 0 amide bonds. The zero-order valence-corrected chi connectivity index (χ0v) is 13.1. The van der Waals surface area contributed by atoms with Gasteiger partial charge < -0.3 is 15.4 Å². The van der Waals surface area contributed by atoms with E-state index in [0.717, 1.165) is 50.2 Å². The minimum atomic E-state index is -0.190. The van der Waals surface area contributed by atoms with Gasteiger partial charge in [-0.3, -0.25) is 0 Å². The Bertz CT molecular complexity index is 446. The molecule has 1 aliphatic heterocycles. The SMILES string of the molecule is CCC(N)Cc1cc(F)ccc1N(CC)CC1CCCO1. The van der Waals surface area contributed by atoms with Gasteiger partial charge in [-0.2, -0.15) is 0 Å². The third-order valence-electron chi connectivity index (χ3n) is 4.22. The third kappa shape index (κ3) is 4.42. The summed E-state index contributed by atoms with van der Waals surface area (Å²) in [6, 6.07) is 5.12. The molecule has 1 aromatic carbocycles. The van der Waals surface area contributed by atoms with Crippen LogP contribution in [0.2, 0.25) is 0 Å². The molecule has 0 bridgehead atoms. The van der Waals surface area contributed by atoms with Crippen molar-refractivity contribution in [2.75, 3.05) is 24.6 Å². The van der Waals surface area contributed by atoms with Crippen molar-refractivity contribution >= 4 is 5.69 Å². The summed E-state index contributed by atoms with van der Waals surface area (Å²) in [5, 5.41) is 0. The largest absolute Gasteiger partial charge is 0.376 e. The number of nitrogens with two attached hydrogens (primary N) is 1. The van der Waals surface area contributed by atoms with Crippen molar-refractivity contribution in [3.05, 3.63) is 29.6 Å². The molecule has 0 aromatic heterocycles. The van der Waals surface area contributed by atoms with Crippen LogP contribution in [0.15, 0.2) is 18.2 Å². The summed E-state index contributed by atoms with van der Waals surface area (Å²) in [5.74, 6) is -0.190. The summed E-state index contributed by atoms with van der Waals surface area (Å²) in [6.45, 7) is 6.81. The van der Waals surface area contributed by atoms with Gasteiger partial charge in [-0.15, -0.1) is 0 Å². The van der Waals surface area contributed by atoms with Gasteiger partial charge >= 0.3 is 0 Å². The topological polar surface area (TPSA) is 38.5 Å². The minimum absolute atomic E-state index is 0.0759. The van der Waals surface area contributed by atoms with Gasteiger partial charge in [-0.05, 0) is 56.4 Å². The fraction of sp³-hybridized carbons (Fsp3) is 0.647. The monoisotopic (exact) mass is 294 g/mol. The maximum atomic E-state index is 13.6. The van der Waals surface area contributed by atoms with Gasteiger partial charge in [-0.1, -0.05) is 6.92 Å². The summed E-state index contributed by atoms with van der Waals surface area (Å²) in [5.41, 5.74) is 8.16. The van der Waals surface area contributed by atoms with Gasteiger partial charge in [0, 0.05) is 31.4 Å². The highest BCUT2D eigenvalue weighted by Crippen LogP contribution is 2.25. The molecule has 2 rings (SSSR count). The van der Waals surface area contributed by atoms with Crippen LogP contribution in [0.5, 0.6) is 0 Å². The maximum absolute atomic E-state index is 13.6. The lowest BCUT2D eigenvalue weighted by atomic mass is 10.0. The van der Waals surface area contributed by atoms with Crippen molar-refractivity contribution in [1.29, 1.82) is 0 Å². The highest BCUT2D eigenvalue weighted by Gasteiger charge is 2.20. The molecule has 0 saturated carbocycles. The molecule has 1 saturated heterocycles. The number of hydrogen-bond donors (Lipinski definition) is 1. The van der Waals surface area contributed by atoms with E-state index in [4.69, 9.17) is 10.5 Å². The van der Waals surface area contributed by atoms with E-state index in [1.807, 2.05) is 6.07 Å². The van der Waals surface area contributed by atoms with Gasteiger partial charge in [0.05, 0.1) is 6.10 Å². The van der Waals surface area contributed by atoms with Gasteiger partial charge in [-0.25, -0.2) is 4.39 Å². The molecule has 118 valence electrons. The van der Waals surface area contributed by atoms with Crippen LogP contribution >= 0.6 is 0 Å². The average molecular weight is 294 g/mol. The number of ether oxygens (including phenoxy) is 1. The fourth-order valence-electron chi connectivity index (χ4n) is 2.88. The first-order valence-corrected chi connectivity index (χ1v) is 8.04. The second-order valence-corrected chi connectivity index (χ2v) is 5.82. The summed E-state index contributed by atoms with van der Waals surface area (Å²) in [7, 11) is 0. The van der Waals surface area contributed by atoms with E-state index in [0.29, 0.717) is 12.5 Å². The molecule has 1 fully saturated rings. The zero-order valence-electron chi connectivity index (χ0n) is 13.1. The van der Waals surface area contributed by atoms with E-state index in [-0.39, 0.29) is 11.9 Å². The Balaban J connectivity index is 2.17. The van der Waals surface area contributed by atoms with E-state index in [1.54, 1.807) is 6.07 Å². The van der Waals surface area contributed by atoms with Crippen LogP contribution in [0.25, 0.3) is 0 Å². The van der Waals surface area contributed by atoms with Crippen molar-refractivity contribution in [1.82, 2.24) is 0 Å². The Morgan fingerprint density at radius 1 is 1.43 bits per heavy atom. The second-order valence-electron chi connectivity index (χ2n) is 5.82. The highest BCUT2D eigenvalue weighted by molar-refractivity contribution is 5.54. The lowest BCUT2D eigenvalue weighted by Crippen LogP contribution is -2.33. The van der Waals surface area contributed by atoms with E-state index in [2.05, 4.69) is 18.7 Å². The number of likely N-dealkylation sites (N-methyl/N-ethyl adjacent to an activating group) is 1. The minimum Gasteiger partial charge on any atom is -0.376 e. The molecule has 4 heteroatoms.